The van der Waals surface area contributed by atoms with Crippen molar-refractivity contribution < 1.29 is 37.9 Å². The van der Waals surface area contributed by atoms with Crippen LogP contribution in [-0.4, -0.2) is 0 Å². The molecule has 0 amide bonds. The summed E-state index contributed by atoms with van der Waals surface area (Å²) in [6.45, 7) is 25.5. The van der Waals surface area contributed by atoms with Crippen molar-refractivity contribution in [1.29, 1.82) is 10.5 Å². The first kappa shape index (κ1) is 56.3. The summed E-state index contributed by atoms with van der Waals surface area (Å²) in [5.41, 5.74) is 29.1. The summed E-state index contributed by atoms with van der Waals surface area (Å²) >= 11 is 0. The average Bonchev–Trinajstić information content (AvgIpc) is 1.52. The quantitative estimate of drug-likeness (QED) is 0.0520. The Morgan fingerprint density at radius 2 is 0.591 bits per heavy atom. The molecule has 2 unspecified atom stereocenters. The number of benzene rings is 10. The lowest BCUT2D eigenvalue weighted by atomic mass is 9.72. The molecule has 0 aliphatic heterocycles. The van der Waals surface area contributed by atoms with Gasteiger partial charge in [0.2, 0.25) is 0 Å². The monoisotopic (exact) mass is 1160 g/mol. The van der Waals surface area contributed by atoms with Crippen molar-refractivity contribution >= 4 is 34.1 Å². The molecular formula is C72H54N8O8. The standard InChI is InChI=1S/C72H54N8O8/c1-71(2)53-37-65(86-58-26-12-24-56(52(58)40-74)82-46-20-8-16-42(76)32-46)63(85-57-25-11-23-55(51(57)39-73)81-45-19-7-15-41(75)31-45)35-49(53)67-68(71)50-36-64(87-61-29-13-27-59(69(61)79-5)83-47-21-9-17-43(77)33-47)66(38-54(50)72(67,3)4)88-62-30-14-28-60(70(62)80-6)84-48-22-10-18-44(78)34-48/h7-38,67-68H,75-78H2,1-4H3. The number of nitrogens with two attached hydrogens (primary N) is 4. The Labute approximate surface area is 508 Å². The van der Waals surface area contributed by atoms with Gasteiger partial charge in [-0.15, -0.1) is 0 Å². The van der Waals surface area contributed by atoms with Crippen LogP contribution in [-0.2, 0) is 10.8 Å². The Morgan fingerprint density at radius 1 is 0.341 bits per heavy atom. The van der Waals surface area contributed by atoms with Crippen LogP contribution in [0.25, 0.3) is 9.69 Å². The van der Waals surface area contributed by atoms with E-state index in [-0.39, 0.29) is 103 Å². The lowest BCUT2D eigenvalue weighted by molar-refractivity contribution is 0.348. The molecule has 16 nitrogen and oxygen atoms in total. The van der Waals surface area contributed by atoms with E-state index >= 15 is 0 Å². The van der Waals surface area contributed by atoms with Gasteiger partial charge in [0.05, 0.1) is 13.1 Å². The van der Waals surface area contributed by atoms with Gasteiger partial charge in [-0.05, 0) is 154 Å². The van der Waals surface area contributed by atoms with Crippen LogP contribution in [0.3, 0.4) is 0 Å². The first-order chi connectivity index (χ1) is 42.5. The van der Waals surface area contributed by atoms with Crippen LogP contribution in [0.5, 0.6) is 92.0 Å². The van der Waals surface area contributed by atoms with E-state index in [1.165, 1.54) is 0 Å². The highest BCUT2D eigenvalue weighted by Gasteiger charge is 2.59. The fourth-order valence-corrected chi connectivity index (χ4v) is 11.8. The second kappa shape index (κ2) is 22.7. The van der Waals surface area contributed by atoms with Gasteiger partial charge in [-0.1, -0.05) is 76.2 Å². The number of nitrogen functional groups attached to an aromatic ring is 4. The smallest absolute Gasteiger partial charge is 0.270 e. The van der Waals surface area contributed by atoms with Gasteiger partial charge in [0, 0.05) is 58.9 Å². The predicted molar refractivity (Wildman–Crippen MR) is 336 cm³/mol. The number of para-hydroxylation sites is 2. The van der Waals surface area contributed by atoms with Crippen LogP contribution in [0, 0.1) is 35.8 Å². The molecule has 2 aliphatic carbocycles. The van der Waals surface area contributed by atoms with E-state index in [2.05, 4.69) is 49.5 Å². The van der Waals surface area contributed by atoms with E-state index < -0.39 is 10.8 Å². The highest BCUT2D eigenvalue weighted by Crippen LogP contribution is 2.69. The third-order valence-electron chi connectivity index (χ3n) is 15.7. The Hall–Kier alpha value is -12.2. The topological polar surface area (TPSA) is 234 Å². The summed E-state index contributed by atoms with van der Waals surface area (Å²) in [5.74, 6) is 3.80. The summed E-state index contributed by atoms with van der Waals surface area (Å²) in [6, 6.07) is 60.3. The SMILES string of the molecule is [C-]#[N+]c1c(Oc2cccc(N)c2)cccc1Oc1cc2c(cc1Oc1cccc(Oc3cccc(N)c3)c1[N+]#[C-])C(C)(C)C1c3cc(Oc4cccc(Oc5cccc(N)c5)c4C#N)c(Oc4cccc(Oc5cccc(N)c5)c4C#N)cc3C(C)(C)C21. The number of hydrogen-bond donors (Lipinski definition) is 4. The minimum absolute atomic E-state index is 0.0884. The van der Waals surface area contributed by atoms with Gasteiger partial charge in [-0.3, -0.25) is 0 Å². The van der Waals surface area contributed by atoms with Crippen LogP contribution < -0.4 is 60.8 Å². The minimum Gasteiger partial charge on any atom is -0.468 e. The number of hydrogen-bond acceptors (Lipinski definition) is 14. The molecule has 16 heteroatoms. The summed E-state index contributed by atoms with van der Waals surface area (Å²) in [6.07, 6.45) is 0. The maximum atomic E-state index is 10.8. The first-order valence-electron chi connectivity index (χ1n) is 27.8. The Balaban J connectivity index is 1.000. The van der Waals surface area contributed by atoms with Crippen LogP contribution in [0.15, 0.2) is 194 Å². The molecule has 0 heterocycles. The molecule has 10 aromatic rings. The molecule has 430 valence electrons. The molecule has 0 fully saturated rings. The van der Waals surface area contributed by atoms with Crippen molar-refractivity contribution in [2.24, 2.45) is 0 Å². The molecule has 8 N–H and O–H groups in total. The van der Waals surface area contributed by atoms with Crippen molar-refractivity contribution in [2.75, 3.05) is 22.9 Å². The molecule has 10 aromatic carbocycles. The van der Waals surface area contributed by atoms with E-state index in [0.717, 1.165) is 22.3 Å². The molecule has 2 aliphatic rings. The molecule has 0 spiro atoms. The van der Waals surface area contributed by atoms with Crippen molar-refractivity contribution in [2.45, 2.75) is 50.4 Å². The number of rotatable bonds is 16. The lowest BCUT2D eigenvalue weighted by Crippen LogP contribution is -2.25. The molecule has 0 radical (unpaired) electrons. The average molecular weight is 1160 g/mol. The van der Waals surface area contributed by atoms with Gasteiger partial charge in [0.25, 0.3) is 11.4 Å². The largest absolute Gasteiger partial charge is 0.468 e. The zero-order valence-corrected chi connectivity index (χ0v) is 48.0. The van der Waals surface area contributed by atoms with Crippen molar-refractivity contribution in [3.05, 3.63) is 250 Å². The molecule has 0 aromatic heterocycles. The van der Waals surface area contributed by atoms with Gasteiger partial charge < -0.3 is 60.8 Å². The third kappa shape index (κ3) is 10.6. The van der Waals surface area contributed by atoms with E-state index in [1.54, 1.807) is 170 Å². The highest BCUT2D eigenvalue weighted by molar-refractivity contribution is 5.74. The Bertz CT molecular complexity index is 4340. The predicted octanol–water partition coefficient (Wildman–Crippen LogP) is 18.6. The maximum Gasteiger partial charge on any atom is 0.270 e. The fourth-order valence-electron chi connectivity index (χ4n) is 11.8. The van der Waals surface area contributed by atoms with Crippen molar-refractivity contribution in [3.63, 3.8) is 0 Å². The first-order valence-corrected chi connectivity index (χ1v) is 27.8. The number of nitrogens with zero attached hydrogens (tertiary/aromatic N) is 4. The van der Waals surface area contributed by atoms with E-state index in [0.29, 0.717) is 45.7 Å². The summed E-state index contributed by atoms with van der Waals surface area (Å²) in [5, 5.41) is 21.6. The number of nitriles is 2. The van der Waals surface area contributed by atoms with E-state index in [4.69, 9.17) is 74.0 Å². The minimum atomic E-state index is -0.672. The molecule has 2 atom stereocenters. The van der Waals surface area contributed by atoms with Crippen molar-refractivity contribution in [3.8, 4) is 104 Å². The second-order valence-electron chi connectivity index (χ2n) is 22.2. The number of ether oxygens (including phenoxy) is 8. The van der Waals surface area contributed by atoms with Crippen LogP contribution >= 0.6 is 0 Å². The Morgan fingerprint density at radius 3 is 0.886 bits per heavy atom. The lowest BCUT2D eigenvalue weighted by Gasteiger charge is -2.31. The van der Waals surface area contributed by atoms with Crippen molar-refractivity contribution in [1.82, 2.24) is 0 Å². The molecule has 12 rings (SSSR count). The summed E-state index contributed by atoms with van der Waals surface area (Å²) < 4.78 is 52.6. The zero-order valence-electron chi connectivity index (χ0n) is 48.0. The molecule has 0 saturated carbocycles. The van der Waals surface area contributed by atoms with E-state index in [9.17, 15) is 10.5 Å². The third-order valence-corrected chi connectivity index (χ3v) is 15.7. The van der Waals surface area contributed by atoms with Crippen LogP contribution in [0.2, 0.25) is 0 Å². The normalized spacial score (nSPS) is 14.5. The van der Waals surface area contributed by atoms with Gasteiger partial charge >= 0.3 is 0 Å². The Kier molecular flexibility index (Phi) is 14.5. The summed E-state index contributed by atoms with van der Waals surface area (Å²) in [4.78, 5) is 7.82. The molecular weight excluding hydrogens is 1100 g/mol. The van der Waals surface area contributed by atoms with Gasteiger partial charge in [-0.25, -0.2) is 9.69 Å². The van der Waals surface area contributed by atoms with E-state index in [1.807, 2.05) is 24.3 Å². The highest BCUT2D eigenvalue weighted by atomic mass is 16.5. The van der Waals surface area contributed by atoms with Crippen LogP contribution in [0.4, 0.5) is 34.1 Å². The zero-order chi connectivity index (χ0) is 61.4. The fraction of sp³-hybridized carbons (Fsp3) is 0.111. The van der Waals surface area contributed by atoms with Gasteiger partial charge in [0.15, 0.2) is 23.0 Å². The van der Waals surface area contributed by atoms with Crippen LogP contribution in [0.1, 0.15) is 72.9 Å². The molecule has 0 bridgehead atoms. The van der Waals surface area contributed by atoms with Gasteiger partial charge in [0.1, 0.15) is 92.3 Å². The molecule has 0 saturated heterocycles. The second-order valence-corrected chi connectivity index (χ2v) is 22.2. The summed E-state index contributed by atoms with van der Waals surface area (Å²) in [7, 11) is 0. The number of fused-ring (bicyclic) bond motifs is 5. The molecule has 88 heavy (non-hydrogen) atoms. The number of anilines is 4. The maximum absolute atomic E-state index is 10.8. The van der Waals surface area contributed by atoms with Gasteiger partial charge in [-0.2, -0.15) is 10.5 Å².